The third kappa shape index (κ3) is 3.35. The molecule has 7 nitrogen and oxygen atoms in total. The number of ketones is 1. The number of hydrogen-bond donors (Lipinski definition) is 2. The van der Waals surface area contributed by atoms with Gasteiger partial charge in [-0.3, -0.25) is 14.8 Å². The SMILES string of the molecule is COc1ccc(C(=O)c2ccc(CC(=O)NO)n2C)cc1OC. The molecule has 0 atom stereocenters. The molecule has 2 aromatic rings. The van der Waals surface area contributed by atoms with Gasteiger partial charge in [0.05, 0.1) is 26.3 Å². The summed E-state index contributed by atoms with van der Waals surface area (Å²) in [5.74, 6) is 0.254. The molecule has 1 aromatic carbocycles. The van der Waals surface area contributed by atoms with Gasteiger partial charge in [0.15, 0.2) is 11.5 Å². The maximum atomic E-state index is 12.6. The highest BCUT2D eigenvalue weighted by Crippen LogP contribution is 2.28. The second-order valence-corrected chi connectivity index (χ2v) is 4.88. The molecule has 0 saturated heterocycles. The van der Waals surface area contributed by atoms with E-state index in [9.17, 15) is 9.59 Å². The van der Waals surface area contributed by atoms with Crippen LogP contribution in [0.3, 0.4) is 0 Å². The van der Waals surface area contributed by atoms with Crippen LogP contribution in [0.5, 0.6) is 11.5 Å². The van der Waals surface area contributed by atoms with Gasteiger partial charge >= 0.3 is 0 Å². The van der Waals surface area contributed by atoms with Gasteiger partial charge in [-0.05, 0) is 30.3 Å². The molecule has 0 spiro atoms. The highest BCUT2D eigenvalue weighted by molar-refractivity contribution is 6.08. The van der Waals surface area contributed by atoms with E-state index in [1.165, 1.54) is 14.2 Å². The number of carbonyl (C=O) groups is 2. The number of benzene rings is 1. The van der Waals surface area contributed by atoms with Crippen molar-refractivity contribution in [2.45, 2.75) is 6.42 Å². The number of ether oxygens (including phenoxy) is 2. The Labute approximate surface area is 133 Å². The topological polar surface area (TPSA) is 89.8 Å². The third-order valence-electron chi connectivity index (χ3n) is 3.57. The van der Waals surface area contributed by atoms with E-state index in [2.05, 4.69) is 0 Å². The lowest BCUT2D eigenvalue weighted by Gasteiger charge is -2.10. The number of nitrogens with one attached hydrogen (secondary N) is 1. The summed E-state index contributed by atoms with van der Waals surface area (Å²) in [6, 6.07) is 8.22. The Morgan fingerprint density at radius 2 is 1.83 bits per heavy atom. The lowest BCUT2D eigenvalue weighted by Crippen LogP contribution is -2.22. The summed E-state index contributed by atoms with van der Waals surface area (Å²) >= 11 is 0. The molecule has 0 aliphatic rings. The van der Waals surface area contributed by atoms with Gasteiger partial charge in [0.2, 0.25) is 11.7 Å². The zero-order valence-corrected chi connectivity index (χ0v) is 13.1. The van der Waals surface area contributed by atoms with E-state index >= 15 is 0 Å². The van der Waals surface area contributed by atoms with Crippen molar-refractivity contribution in [1.29, 1.82) is 0 Å². The Bertz CT molecular complexity index is 736. The number of nitrogens with zero attached hydrogens (tertiary/aromatic N) is 1. The summed E-state index contributed by atoms with van der Waals surface area (Å²) in [5.41, 5.74) is 3.06. The monoisotopic (exact) mass is 318 g/mol. The molecule has 0 fully saturated rings. The first-order valence-corrected chi connectivity index (χ1v) is 6.86. The van der Waals surface area contributed by atoms with Crippen LogP contribution >= 0.6 is 0 Å². The standard InChI is InChI=1S/C16H18N2O5/c1-18-11(9-15(19)17-21)5-6-12(18)16(20)10-4-7-13(22-2)14(8-10)23-3/h4-8,21H,9H2,1-3H3,(H,17,19). The number of methoxy groups -OCH3 is 2. The maximum Gasteiger partial charge on any atom is 0.249 e. The van der Waals surface area contributed by atoms with E-state index in [1.54, 1.807) is 47.4 Å². The largest absolute Gasteiger partial charge is 0.493 e. The minimum atomic E-state index is -0.545. The van der Waals surface area contributed by atoms with Crippen molar-refractivity contribution in [2.75, 3.05) is 14.2 Å². The fraction of sp³-hybridized carbons (Fsp3) is 0.250. The second-order valence-electron chi connectivity index (χ2n) is 4.88. The van der Waals surface area contributed by atoms with E-state index < -0.39 is 5.91 Å². The van der Waals surface area contributed by atoms with Crippen LogP contribution in [-0.4, -0.2) is 35.7 Å². The van der Waals surface area contributed by atoms with Crippen LogP contribution in [0.25, 0.3) is 0 Å². The van der Waals surface area contributed by atoms with Crippen LogP contribution in [0.1, 0.15) is 21.7 Å². The van der Waals surface area contributed by atoms with Gasteiger partial charge in [-0.25, -0.2) is 5.48 Å². The third-order valence-corrected chi connectivity index (χ3v) is 3.57. The molecule has 1 aromatic heterocycles. The number of hydroxylamine groups is 1. The second kappa shape index (κ2) is 6.97. The molecular formula is C16H18N2O5. The van der Waals surface area contributed by atoms with Crippen LogP contribution in [0, 0.1) is 0 Å². The van der Waals surface area contributed by atoms with Crippen LogP contribution in [-0.2, 0) is 18.3 Å². The lowest BCUT2D eigenvalue weighted by atomic mass is 10.1. The van der Waals surface area contributed by atoms with Gasteiger partial charge in [0, 0.05) is 18.3 Å². The first-order chi connectivity index (χ1) is 11.0. The van der Waals surface area contributed by atoms with Gasteiger partial charge < -0.3 is 14.0 Å². The first kappa shape index (κ1) is 16.6. The van der Waals surface area contributed by atoms with Crippen molar-refractivity contribution in [3.8, 4) is 11.5 Å². The Hall–Kier alpha value is -2.80. The van der Waals surface area contributed by atoms with Crippen molar-refractivity contribution in [3.63, 3.8) is 0 Å². The van der Waals surface area contributed by atoms with Gasteiger partial charge in [-0.2, -0.15) is 0 Å². The highest BCUT2D eigenvalue weighted by Gasteiger charge is 2.17. The molecule has 1 amide bonds. The Balaban J connectivity index is 2.32. The van der Waals surface area contributed by atoms with Gasteiger partial charge in [-0.1, -0.05) is 0 Å². The number of amides is 1. The minimum absolute atomic E-state index is 0.0216. The van der Waals surface area contributed by atoms with E-state index in [4.69, 9.17) is 14.7 Å². The molecule has 0 saturated carbocycles. The molecular weight excluding hydrogens is 300 g/mol. The summed E-state index contributed by atoms with van der Waals surface area (Å²) in [6.07, 6.45) is -0.0216. The van der Waals surface area contributed by atoms with Gasteiger partial charge in [-0.15, -0.1) is 0 Å². The van der Waals surface area contributed by atoms with Crippen molar-refractivity contribution >= 4 is 11.7 Å². The number of rotatable bonds is 6. The van der Waals surface area contributed by atoms with Crippen molar-refractivity contribution < 1.29 is 24.3 Å². The predicted molar refractivity (Wildman–Crippen MR) is 82.0 cm³/mol. The smallest absolute Gasteiger partial charge is 0.249 e. The van der Waals surface area contributed by atoms with Gasteiger partial charge in [0.1, 0.15) is 0 Å². The Kier molecular flexibility index (Phi) is 5.02. The Morgan fingerprint density at radius 3 is 2.43 bits per heavy atom. The van der Waals surface area contributed by atoms with E-state index in [0.717, 1.165) is 0 Å². The molecule has 0 radical (unpaired) electrons. The summed E-state index contributed by atoms with van der Waals surface area (Å²) < 4.78 is 12.0. The summed E-state index contributed by atoms with van der Waals surface area (Å²) in [6.45, 7) is 0. The maximum absolute atomic E-state index is 12.6. The van der Waals surface area contributed by atoms with Crippen molar-refractivity contribution in [3.05, 3.63) is 47.3 Å². The van der Waals surface area contributed by atoms with Crippen molar-refractivity contribution in [1.82, 2.24) is 10.0 Å². The molecule has 0 aliphatic carbocycles. The fourth-order valence-electron chi connectivity index (χ4n) is 2.29. The van der Waals surface area contributed by atoms with Crippen LogP contribution in [0.2, 0.25) is 0 Å². The molecule has 0 bridgehead atoms. The molecule has 23 heavy (non-hydrogen) atoms. The fourth-order valence-corrected chi connectivity index (χ4v) is 2.29. The predicted octanol–water partition coefficient (Wildman–Crippen LogP) is 1.32. The average molecular weight is 318 g/mol. The zero-order valence-electron chi connectivity index (χ0n) is 13.1. The molecule has 2 rings (SSSR count). The summed E-state index contributed by atoms with van der Waals surface area (Å²) in [4.78, 5) is 23.9. The normalized spacial score (nSPS) is 10.3. The molecule has 0 unspecified atom stereocenters. The van der Waals surface area contributed by atoms with Crippen LogP contribution < -0.4 is 15.0 Å². The number of carbonyl (C=O) groups excluding carboxylic acids is 2. The quantitative estimate of drug-likeness (QED) is 0.476. The summed E-state index contributed by atoms with van der Waals surface area (Å²) in [5, 5.41) is 8.59. The molecule has 2 N–H and O–H groups in total. The lowest BCUT2D eigenvalue weighted by molar-refractivity contribution is -0.128. The molecule has 122 valence electrons. The van der Waals surface area contributed by atoms with E-state index in [0.29, 0.717) is 28.5 Å². The molecule has 7 heteroatoms. The Morgan fingerprint density at radius 1 is 1.13 bits per heavy atom. The zero-order chi connectivity index (χ0) is 17.0. The number of aromatic nitrogens is 1. The van der Waals surface area contributed by atoms with Crippen molar-refractivity contribution in [2.24, 2.45) is 7.05 Å². The first-order valence-electron chi connectivity index (χ1n) is 6.86. The highest BCUT2D eigenvalue weighted by atomic mass is 16.5. The van der Waals surface area contributed by atoms with E-state index in [1.807, 2.05) is 0 Å². The number of hydrogen-bond acceptors (Lipinski definition) is 5. The van der Waals surface area contributed by atoms with Crippen LogP contribution in [0.15, 0.2) is 30.3 Å². The average Bonchev–Trinajstić information content (AvgIpc) is 2.94. The minimum Gasteiger partial charge on any atom is -0.493 e. The van der Waals surface area contributed by atoms with E-state index in [-0.39, 0.29) is 12.2 Å². The summed E-state index contributed by atoms with van der Waals surface area (Å²) in [7, 11) is 4.71. The van der Waals surface area contributed by atoms with Gasteiger partial charge in [0.25, 0.3) is 0 Å². The molecule has 1 heterocycles. The molecule has 0 aliphatic heterocycles. The van der Waals surface area contributed by atoms with Crippen LogP contribution in [0.4, 0.5) is 0 Å².